The van der Waals surface area contributed by atoms with E-state index < -0.39 is 20.0 Å². The van der Waals surface area contributed by atoms with Gasteiger partial charge < -0.3 is 14.5 Å². The molecule has 2 aromatic carbocycles. The molecule has 1 N–H and O–H groups in total. The van der Waals surface area contributed by atoms with Gasteiger partial charge in [0.05, 0.1) is 12.6 Å². The van der Waals surface area contributed by atoms with Crippen molar-refractivity contribution in [2.75, 3.05) is 6.61 Å². The number of ether oxygens (including phenoxy) is 1. The van der Waals surface area contributed by atoms with Crippen LogP contribution in [0.15, 0.2) is 60.7 Å². The highest BCUT2D eigenvalue weighted by Crippen LogP contribution is 2.37. The highest BCUT2D eigenvalue weighted by atomic mass is 79.9. The highest BCUT2D eigenvalue weighted by Gasteiger charge is 2.50. The summed E-state index contributed by atoms with van der Waals surface area (Å²) in [6.45, 7) is 17.0. The largest absolute Gasteiger partial charge is 0.444 e. The van der Waals surface area contributed by atoms with Gasteiger partial charge in [0.25, 0.3) is 8.32 Å². The molecule has 0 heterocycles. The fraction of sp³-hybridized carbons (Fsp3) is 0.519. The zero-order valence-corrected chi connectivity index (χ0v) is 23.9. The van der Waals surface area contributed by atoms with Gasteiger partial charge in [-0.1, -0.05) is 111 Å². The van der Waals surface area contributed by atoms with Crippen LogP contribution in [-0.4, -0.2) is 37.5 Å². The molecular formula is C27H40BrNO3Si. The summed E-state index contributed by atoms with van der Waals surface area (Å²) in [4.78, 5) is 12.7. The fourth-order valence-corrected chi connectivity index (χ4v) is 8.98. The van der Waals surface area contributed by atoms with Crippen molar-refractivity contribution in [2.24, 2.45) is 5.92 Å². The number of amides is 1. The Hall–Kier alpha value is -1.63. The molecule has 0 saturated carbocycles. The Labute approximate surface area is 209 Å². The molecule has 0 aliphatic rings. The normalized spacial score (nSPS) is 14.6. The Balaban J connectivity index is 2.48. The van der Waals surface area contributed by atoms with Crippen molar-refractivity contribution in [3.63, 3.8) is 0 Å². The second-order valence-corrected chi connectivity index (χ2v) is 16.3. The number of rotatable bonds is 8. The Bertz CT molecular complexity index is 836. The topological polar surface area (TPSA) is 47.6 Å². The molecule has 0 spiro atoms. The zero-order chi connectivity index (χ0) is 24.9. The van der Waals surface area contributed by atoms with Crippen LogP contribution in [0.1, 0.15) is 55.4 Å². The SMILES string of the molecule is CC(C)C(Br)C(CO[Si](c1ccccc1)(c1ccccc1)C(C)(C)C)NC(=O)OC(C)(C)C. The summed E-state index contributed by atoms with van der Waals surface area (Å²) in [5.41, 5.74) is -0.562. The van der Waals surface area contributed by atoms with Crippen LogP contribution in [0.4, 0.5) is 4.79 Å². The van der Waals surface area contributed by atoms with Crippen LogP contribution in [-0.2, 0) is 9.16 Å². The monoisotopic (exact) mass is 533 g/mol. The van der Waals surface area contributed by atoms with Gasteiger partial charge in [0, 0.05) is 4.83 Å². The molecule has 0 radical (unpaired) electrons. The van der Waals surface area contributed by atoms with Gasteiger partial charge >= 0.3 is 6.09 Å². The van der Waals surface area contributed by atoms with Gasteiger partial charge in [0.2, 0.25) is 0 Å². The van der Waals surface area contributed by atoms with E-state index in [2.05, 4.69) is 104 Å². The number of hydrogen-bond acceptors (Lipinski definition) is 3. The molecule has 1 amide bonds. The van der Waals surface area contributed by atoms with Gasteiger partial charge in [0.15, 0.2) is 0 Å². The minimum Gasteiger partial charge on any atom is -0.444 e. The summed E-state index contributed by atoms with van der Waals surface area (Å²) in [5, 5.41) is 5.37. The van der Waals surface area contributed by atoms with E-state index in [9.17, 15) is 4.79 Å². The number of benzene rings is 2. The molecule has 33 heavy (non-hydrogen) atoms. The fourth-order valence-electron chi connectivity index (χ4n) is 4.11. The van der Waals surface area contributed by atoms with E-state index in [1.165, 1.54) is 10.4 Å². The number of hydrogen-bond donors (Lipinski definition) is 1. The van der Waals surface area contributed by atoms with E-state index >= 15 is 0 Å². The van der Waals surface area contributed by atoms with Crippen LogP contribution in [0.3, 0.4) is 0 Å². The van der Waals surface area contributed by atoms with E-state index in [-0.39, 0.29) is 15.9 Å². The van der Waals surface area contributed by atoms with Crippen molar-refractivity contribution in [3.8, 4) is 0 Å². The lowest BCUT2D eigenvalue weighted by Crippen LogP contribution is -2.67. The maximum Gasteiger partial charge on any atom is 0.407 e. The van der Waals surface area contributed by atoms with Crippen molar-refractivity contribution < 1.29 is 14.0 Å². The van der Waals surface area contributed by atoms with Gasteiger partial charge in [-0.2, -0.15) is 0 Å². The molecule has 0 aliphatic carbocycles. The van der Waals surface area contributed by atoms with Gasteiger partial charge in [-0.05, 0) is 42.1 Å². The number of carbonyl (C=O) groups is 1. The second kappa shape index (κ2) is 11.2. The second-order valence-electron chi connectivity index (χ2n) is 10.9. The average molecular weight is 535 g/mol. The van der Waals surface area contributed by atoms with E-state index in [1.807, 2.05) is 32.9 Å². The van der Waals surface area contributed by atoms with E-state index in [1.54, 1.807) is 0 Å². The Morgan fingerprint density at radius 3 is 1.73 bits per heavy atom. The standard InChI is InChI=1S/C27H40BrNO3Si/c1-20(2)24(28)23(29-25(30)32-26(3,4)5)19-31-33(27(6,7)8,21-15-11-9-12-16-21)22-17-13-10-14-18-22/h9-18,20,23-24H,19H2,1-8H3,(H,29,30). The molecule has 0 saturated heterocycles. The Morgan fingerprint density at radius 1 is 0.909 bits per heavy atom. The van der Waals surface area contributed by atoms with Gasteiger partial charge in [-0.15, -0.1) is 0 Å². The smallest absolute Gasteiger partial charge is 0.407 e. The molecular weight excluding hydrogens is 494 g/mol. The van der Waals surface area contributed by atoms with Crippen molar-refractivity contribution >= 4 is 40.7 Å². The maximum atomic E-state index is 12.7. The molecule has 2 unspecified atom stereocenters. The minimum absolute atomic E-state index is 0.0308. The maximum absolute atomic E-state index is 12.7. The molecule has 4 nitrogen and oxygen atoms in total. The van der Waals surface area contributed by atoms with Crippen LogP contribution in [0.5, 0.6) is 0 Å². The number of carbonyl (C=O) groups excluding carboxylic acids is 1. The molecule has 2 atom stereocenters. The highest BCUT2D eigenvalue weighted by molar-refractivity contribution is 9.09. The summed E-state index contributed by atoms with van der Waals surface area (Å²) >= 11 is 3.81. The lowest BCUT2D eigenvalue weighted by atomic mass is 10.0. The van der Waals surface area contributed by atoms with Crippen LogP contribution in [0, 0.1) is 5.92 Å². The van der Waals surface area contributed by atoms with Gasteiger partial charge in [-0.25, -0.2) is 4.79 Å². The summed E-state index contributed by atoms with van der Waals surface area (Å²) in [6, 6.07) is 20.8. The molecule has 0 aliphatic heterocycles. The predicted molar refractivity (Wildman–Crippen MR) is 144 cm³/mol. The number of nitrogens with one attached hydrogen (secondary N) is 1. The molecule has 182 valence electrons. The first-order chi connectivity index (χ1) is 15.3. The quantitative estimate of drug-likeness (QED) is 0.340. The Kier molecular flexibility index (Phi) is 9.37. The van der Waals surface area contributed by atoms with Crippen LogP contribution in [0.25, 0.3) is 0 Å². The van der Waals surface area contributed by atoms with E-state index in [0.29, 0.717) is 12.5 Å². The van der Waals surface area contributed by atoms with Gasteiger partial charge in [-0.3, -0.25) is 0 Å². The van der Waals surface area contributed by atoms with E-state index in [0.717, 1.165) is 0 Å². The number of halogens is 1. The molecule has 6 heteroatoms. The van der Waals surface area contributed by atoms with E-state index in [4.69, 9.17) is 9.16 Å². The predicted octanol–water partition coefficient (Wildman–Crippen LogP) is 5.88. The third kappa shape index (κ3) is 7.17. The molecule has 0 bridgehead atoms. The first-order valence-electron chi connectivity index (χ1n) is 11.7. The third-order valence-corrected chi connectivity index (χ3v) is 12.3. The zero-order valence-electron chi connectivity index (χ0n) is 21.3. The third-order valence-electron chi connectivity index (χ3n) is 5.62. The number of alkyl carbamates (subject to hydrolysis) is 1. The lowest BCUT2D eigenvalue weighted by molar-refractivity contribution is 0.0481. The lowest BCUT2D eigenvalue weighted by Gasteiger charge is -2.44. The van der Waals surface area contributed by atoms with Crippen LogP contribution >= 0.6 is 15.9 Å². The van der Waals surface area contributed by atoms with Crippen molar-refractivity contribution in [3.05, 3.63) is 60.7 Å². The van der Waals surface area contributed by atoms with Crippen LogP contribution < -0.4 is 15.7 Å². The van der Waals surface area contributed by atoms with Crippen molar-refractivity contribution in [1.82, 2.24) is 5.32 Å². The molecule has 0 fully saturated rings. The number of alkyl halides is 1. The molecule has 2 aromatic rings. The summed E-state index contributed by atoms with van der Waals surface area (Å²) < 4.78 is 12.6. The summed E-state index contributed by atoms with van der Waals surface area (Å²) in [7, 11) is -2.70. The summed E-state index contributed by atoms with van der Waals surface area (Å²) in [6.07, 6.45) is -0.427. The first-order valence-corrected chi connectivity index (χ1v) is 14.5. The Morgan fingerprint density at radius 2 is 1.36 bits per heavy atom. The van der Waals surface area contributed by atoms with Crippen molar-refractivity contribution in [2.45, 2.75) is 76.9 Å². The first kappa shape index (κ1) is 27.6. The van der Waals surface area contributed by atoms with Gasteiger partial charge in [0.1, 0.15) is 5.60 Å². The van der Waals surface area contributed by atoms with Crippen molar-refractivity contribution in [1.29, 1.82) is 0 Å². The minimum atomic E-state index is -2.70. The summed E-state index contributed by atoms with van der Waals surface area (Å²) in [5.74, 6) is 0.299. The average Bonchev–Trinajstić information content (AvgIpc) is 2.72. The molecule has 0 aromatic heterocycles. The molecule has 2 rings (SSSR count). The van der Waals surface area contributed by atoms with Crippen LogP contribution in [0.2, 0.25) is 5.04 Å².